The fourth-order valence-corrected chi connectivity index (χ4v) is 4.92. The quantitative estimate of drug-likeness (QED) is 0.672. The molecule has 7 heteroatoms. The van der Waals surface area contributed by atoms with E-state index in [2.05, 4.69) is 32.8 Å². The van der Waals surface area contributed by atoms with E-state index in [4.69, 9.17) is 14.2 Å². The van der Waals surface area contributed by atoms with Crippen LogP contribution in [0.25, 0.3) is 0 Å². The van der Waals surface area contributed by atoms with Gasteiger partial charge in [-0.05, 0) is 25.6 Å². The minimum atomic E-state index is -0.109. The zero-order valence-electron chi connectivity index (χ0n) is 17.5. The van der Waals surface area contributed by atoms with Crippen molar-refractivity contribution in [2.24, 2.45) is 5.41 Å². The number of benzene rings is 1. The van der Waals surface area contributed by atoms with Crippen LogP contribution < -0.4 is 14.2 Å². The largest absolute Gasteiger partial charge is 0.496 e. The number of amides is 1. The first-order chi connectivity index (χ1) is 12.7. The Balaban J connectivity index is 2.42. The van der Waals surface area contributed by atoms with Crippen molar-refractivity contribution in [1.29, 1.82) is 0 Å². The van der Waals surface area contributed by atoms with Gasteiger partial charge in [0.25, 0.3) is 0 Å². The second-order valence-electron chi connectivity index (χ2n) is 7.85. The van der Waals surface area contributed by atoms with Crippen LogP contribution in [-0.4, -0.2) is 70.0 Å². The Bertz CT molecular complexity index is 664. The molecule has 152 valence electrons. The summed E-state index contributed by atoms with van der Waals surface area (Å²) in [6.45, 7) is 5.97. The summed E-state index contributed by atoms with van der Waals surface area (Å²) in [5.74, 6) is 2.94. The first-order valence-electron chi connectivity index (χ1n) is 9.08. The van der Waals surface area contributed by atoms with Gasteiger partial charge in [-0.3, -0.25) is 4.79 Å². The molecule has 1 aromatic carbocycles. The monoisotopic (exact) mass is 396 g/mol. The molecule has 1 aliphatic heterocycles. The number of methoxy groups -OCH3 is 3. The third-order valence-corrected chi connectivity index (χ3v) is 5.80. The number of hydrogen-bond donors (Lipinski definition) is 0. The lowest BCUT2D eigenvalue weighted by atomic mass is 9.91. The van der Waals surface area contributed by atoms with E-state index in [1.54, 1.807) is 33.1 Å². The Kier molecular flexibility index (Phi) is 7.28. The number of ether oxygens (including phenoxy) is 3. The molecule has 0 saturated carbocycles. The topological polar surface area (TPSA) is 51.2 Å². The zero-order valence-corrected chi connectivity index (χ0v) is 18.3. The molecule has 0 spiro atoms. The minimum absolute atomic E-state index is 0.0287. The Morgan fingerprint density at radius 3 is 2.26 bits per heavy atom. The van der Waals surface area contributed by atoms with E-state index in [-0.39, 0.29) is 16.7 Å². The molecule has 1 amide bonds. The molecule has 2 rings (SSSR count). The van der Waals surface area contributed by atoms with Gasteiger partial charge >= 0.3 is 0 Å². The molecule has 1 fully saturated rings. The second-order valence-corrected chi connectivity index (χ2v) is 9.03. The number of carbonyl (C=O) groups excluding carboxylic acids is 1. The Labute approximate surface area is 167 Å². The van der Waals surface area contributed by atoms with Gasteiger partial charge in [0.1, 0.15) is 11.1 Å². The van der Waals surface area contributed by atoms with Crippen molar-refractivity contribution >= 4 is 17.7 Å². The van der Waals surface area contributed by atoms with Gasteiger partial charge < -0.3 is 24.0 Å². The molecule has 1 aromatic rings. The van der Waals surface area contributed by atoms with Crippen LogP contribution in [0.1, 0.15) is 31.2 Å². The molecule has 0 bridgehead atoms. The fourth-order valence-electron chi connectivity index (χ4n) is 3.66. The number of rotatable bonds is 8. The van der Waals surface area contributed by atoms with Crippen molar-refractivity contribution in [3.63, 3.8) is 0 Å². The first-order valence-corrected chi connectivity index (χ1v) is 10.1. The molecule has 0 aliphatic carbocycles. The highest BCUT2D eigenvalue weighted by Gasteiger charge is 2.36. The van der Waals surface area contributed by atoms with Crippen molar-refractivity contribution < 1.29 is 19.0 Å². The van der Waals surface area contributed by atoms with Crippen molar-refractivity contribution in [3.8, 4) is 17.2 Å². The maximum atomic E-state index is 12.8. The third kappa shape index (κ3) is 5.23. The summed E-state index contributed by atoms with van der Waals surface area (Å²) in [6, 6.07) is 3.76. The molecular formula is C20H32N2O4S. The van der Waals surface area contributed by atoms with Crippen LogP contribution in [-0.2, 0) is 4.79 Å². The maximum absolute atomic E-state index is 12.8. The molecule has 0 radical (unpaired) electrons. The van der Waals surface area contributed by atoms with Crippen molar-refractivity contribution in [2.45, 2.75) is 25.6 Å². The van der Waals surface area contributed by atoms with Crippen LogP contribution >= 0.6 is 11.8 Å². The maximum Gasteiger partial charge on any atom is 0.224 e. The van der Waals surface area contributed by atoms with Crippen LogP contribution in [0.3, 0.4) is 0 Å². The molecule has 0 aromatic heterocycles. The Morgan fingerprint density at radius 2 is 1.70 bits per heavy atom. The standard InChI is InChI=1S/C20H32N2O4S/c1-20(2,12-21(3)4)13-22-18(23)8-9-27-19(22)14-10-16(25-6)17(26-7)11-15(14)24-5/h10-11,19H,8-9,12-13H2,1-7H3. The van der Waals surface area contributed by atoms with Crippen molar-refractivity contribution in [2.75, 3.05) is 54.3 Å². The molecule has 1 saturated heterocycles. The number of thioether (sulfide) groups is 1. The highest BCUT2D eigenvalue weighted by Crippen LogP contribution is 2.46. The minimum Gasteiger partial charge on any atom is -0.496 e. The average Bonchev–Trinajstić information content (AvgIpc) is 2.61. The average molecular weight is 397 g/mol. The van der Waals surface area contributed by atoms with Gasteiger partial charge in [0, 0.05) is 36.9 Å². The van der Waals surface area contributed by atoms with Gasteiger partial charge in [0.05, 0.1) is 21.3 Å². The predicted molar refractivity (Wildman–Crippen MR) is 110 cm³/mol. The van der Waals surface area contributed by atoms with E-state index < -0.39 is 0 Å². The summed E-state index contributed by atoms with van der Waals surface area (Å²) in [5, 5.41) is -0.109. The van der Waals surface area contributed by atoms with Gasteiger partial charge in [0.2, 0.25) is 5.91 Å². The third-order valence-electron chi connectivity index (χ3n) is 4.54. The molecule has 1 heterocycles. The van der Waals surface area contributed by atoms with Gasteiger partial charge in [0.15, 0.2) is 11.5 Å². The Hall–Kier alpha value is -1.60. The SMILES string of the molecule is COc1cc(OC)c(C2SCCC(=O)N2CC(C)(C)CN(C)C)cc1OC. The molecule has 0 N–H and O–H groups in total. The van der Waals surface area contributed by atoms with Crippen molar-refractivity contribution in [1.82, 2.24) is 9.80 Å². The summed E-state index contributed by atoms with van der Waals surface area (Å²) in [7, 11) is 8.98. The van der Waals surface area contributed by atoms with Gasteiger partial charge in [-0.2, -0.15) is 0 Å². The van der Waals surface area contributed by atoms with E-state index in [0.29, 0.717) is 30.2 Å². The predicted octanol–water partition coefficient (Wildman–Crippen LogP) is 3.26. The number of carbonyl (C=O) groups is 1. The van der Waals surface area contributed by atoms with Crippen molar-refractivity contribution in [3.05, 3.63) is 17.7 Å². The summed E-state index contributed by atoms with van der Waals surface area (Å²) < 4.78 is 16.5. The second kappa shape index (κ2) is 9.06. The van der Waals surface area contributed by atoms with Crippen LogP contribution in [0.5, 0.6) is 17.2 Å². The number of hydrogen-bond acceptors (Lipinski definition) is 6. The van der Waals surface area contributed by atoms with Crippen LogP contribution in [0.4, 0.5) is 0 Å². The summed E-state index contributed by atoms with van der Waals surface area (Å²) in [6.07, 6.45) is 0.564. The fraction of sp³-hybridized carbons (Fsp3) is 0.650. The van der Waals surface area contributed by atoms with Gasteiger partial charge in [-0.25, -0.2) is 0 Å². The lowest BCUT2D eigenvalue weighted by molar-refractivity contribution is -0.133. The Morgan fingerprint density at radius 1 is 1.11 bits per heavy atom. The van der Waals surface area contributed by atoms with Crippen LogP contribution in [0.2, 0.25) is 0 Å². The first kappa shape index (κ1) is 21.7. The van der Waals surface area contributed by atoms with E-state index in [1.807, 2.05) is 17.0 Å². The number of nitrogens with zero attached hydrogens (tertiary/aromatic N) is 2. The molecule has 27 heavy (non-hydrogen) atoms. The smallest absolute Gasteiger partial charge is 0.224 e. The normalized spacial score (nSPS) is 18.0. The molecule has 1 aliphatic rings. The van der Waals surface area contributed by atoms with E-state index in [0.717, 1.165) is 17.9 Å². The van der Waals surface area contributed by atoms with E-state index >= 15 is 0 Å². The molecule has 1 unspecified atom stereocenters. The lowest BCUT2D eigenvalue weighted by Crippen LogP contribution is -2.45. The zero-order chi connectivity index (χ0) is 20.2. The summed E-state index contributed by atoms with van der Waals surface area (Å²) >= 11 is 1.77. The summed E-state index contributed by atoms with van der Waals surface area (Å²) in [4.78, 5) is 17.0. The van der Waals surface area contributed by atoms with Crippen LogP contribution in [0.15, 0.2) is 12.1 Å². The highest BCUT2D eigenvalue weighted by atomic mass is 32.2. The molecular weight excluding hydrogens is 364 g/mol. The van der Waals surface area contributed by atoms with Gasteiger partial charge in [-0.15, -0.1) is 11.8 Å². The highest BCUT2D eigenvalue weighted by molar-refractivity contribution is 7.99. The van der Waals surface area contributed by atoms with E-state index in [9.17, 15) is 4.79 Å². The van der Waals surface area contributed by atoms with Crippen LogP contribution in [0, 0.1) is 5.41 Å². The lowest BCUT2D eigenvalue weighted by Gasteiger charge is -2.41. The molecule has 6 nitrogen and oxygen atoms in total. The summed E-state index contributed by atoms with van der Waals surface area (Å²) in [5.41, 5.74) is 0.910. The van der Waals surface area contributed by atoms with Gasteiger partial charge in [-0.1, -0.05) is 13.8 Å². The molecule has 1 atom stereocenters. The van der Waals surface area contributed by atoms with E-state index in [1.165, 1.54) is 0 Å².